The maximum absolute atomic E-state index is 11.5. The molecule has 2 aromatic carbocycles. The smallest absolute Gasteiger partial charge is 0.306 e. The summed E-state index contributed by atoms with van der Waals surface area (Å²) in [6.45, 7) is 4.37. The van der Waals surface area contributed by atoms with Gasteiger partial charge >= 0.3 is 11.9 Å². The number of ether oxygens (including phenoxy) is 1. The second kappa shape index (κ2) is 8.62. The molecule has 0 spiro atoms. The standard InChI is InChI=1S/C20H25NO4/c1-14(12-19(22)23)21(11-10-20(24)25-3)15(2)17-9-8-16-6-4-5-7-18(16)13-17/h4-9,13-15H,10-12H2,1-3H3,(H,22,23). The van der Waals surface area contributed by atoms with Crippen LogP contribution in [0.4, 0.5) is 0 Å². The predicted molar refractivity (Wildman–Crippen MR) is 97.4 cm³/mol. The monoisotopic (exact) mass is 343 g/mol. The summed E-state index contributed by atoms with van der Waals surface area (Å²) < 4.78 is 4.72. The van der Waals surface area contributed by atoms with Gasteiger partial charge in [-0.2, -0.15) is 0 Å². The van der Waals surface area contributed by atoms with E-state index in [2.05, 4.69) is 35.2 Å². The zero-order valence-corrected chi connectivity index (χ0v) is 14.9. The Morgan fingerprint density at radius 2 is 1.80 bits per heavy atom. The van der Waals surface area contributed by atoms with Crippen molar-refractivity contribution in [2.24, 2.45) is 0 Å². The molecular weight excluding hydrogens is 318 g/mol. The lowest BCUT2D eigenvalue weighted by atomic mass is 10.00. The third-order valence-corrected chi connectivity index (χ3v) is 4.59. The average Bonchev–Trinajstić information content (AvgIpc) is 2.60. The van der Waals surface area contributed by atoms with Crippen LogP contribution in [0.1, 0.15) is 38.3 Å². The molecule has 0 radical (unpaired) electrons. The van der Waals surface area contributed by atoms with Crippen LogP contribution >= 0.6 is 0 Å². The molecular formula is C20H25NO4. The fourth-order valence-electron chi connectivity index (χ4n) is 3.15. The molecule has 0 aromatic heterocycles. The van der Waals surface area contributed by atoms with Crippen LogP contribution in [0.3, 0.4) is 0 Å². The van der Waals surface area contributed by atoms with Gasteiger partial charge in [0.25, 0.3) is 0 Å². The van der Waals surface area contributed by atoms with Gasteiger partial charge in [-0.25, -0.2) is 0 Å². The van der Waals surface area contributed by atoms with E-state index >= 15 is 0 Å². The number of carbonyl (C=O) groups excluding carboxylic acids is 1. The zero-order chi connectivity index (χ0) is 18.4. The van der Waals surface area contributed by atoms with Gasteiger partial charge in [-0.15, -0.1) is 0 Å². The van der Waals surface area contributed by atoms with Crippen molar-refractivity contribution in [1.29, 1.82) is 0 Å². The van der Waals surface area contributed by atoms with Crippen molar-refractivity contribution in [3.63, 3.8) is 0 Å². The number of carbonyl (C=O) groups is 2. The van der Waals surface area contributed by atoms with E-state index in [1.807, 2.05) is 26.0 Å². The van der Waals surface area contributed by atoms with Crippen LogP contribution in [0, 0.1) is 0 Å². The van der Waals surface area contributed by atoms with Gasteiger partial charge in [0.15, 0.2) is 0 Å². The maximum atomic E-state index is 11.5. The van der Waals surface area contributed by atoms with E-state index in [-0.39, 0.29) is 30.9 Å². The highest BCUT2D eigenvalue weighted by molar-refractivity contribution is 5.83. The lowest BCUT2D eigenvalue weighted by Crippen LogP contribution is -2.38. The van der Waals surface area contributed by atoms with Gasteiger partial charge in [0.05, 0.1) is 20.0 Å². The Morgan fingerprint density at radius 1 is 1.12 bits per heavy atom. The van der Waals surface area contributed by atoms with Gasteiger partial charge in [-0.05, 0) is 36.2 Å². The van der Waals surface area contributed by atoms with E-state index in [1.165, 1.54) is 7.11 Å². The molecule has 0 saturated carbocycles. The molecule has 1 N–H and O–H groups in total. The first-order chi connectivity index (χ1) is 11.9. The van der Waals surface area contributed by atoms with E-state index in [1.54, 1.807) is 0 Å². The van der Waals surface area contributed by atoms with Crippen molar-refractivity contribution in [3.8, 4) is 0 Å². The summed E-state index contributed by atoms with van der Waals surface area (Å²) in [5, 5.41) is 11.4. The Labute approximate surface area is 148 Å². The lowest BCUT2D eigenvalue weighted by Gasteiger charge is -2.34. The average molecular weight is 343 g/mol. The van der Waals surface area contributed by atoms with Crippen molar-refractivity contribution in [1.82, 2.24) is 4.90 Å². The number of methoxy groups -OCH3 is 1. The molecule has 0 saturated heterocycles. The highest BCUT2D eigenvalue weighted by Gasteiger charge is 2.24. The van der Waals surface area contributed by atoms with Gasteiger partial charge in [0, 0.05) is 18.6 Å². The molecule has 0 bridgehead atoms. The SMILES string of the molecule is COC(=O)CCN(C(C)CC(=O)O)C(C)c1ccc2ccccc2c1. The van der Waals surface area contributed by atoms with Crippen molar-refractivity contribution in [2.75, 3.05) is 13.7 Å². The second-order valence-electron chi connectivity index (χ2n) is 6.29. The highest BCUT2D eigenvalue weighted by atomic mass is 16.5. The first-order valence-electron chi connectivity index (χ1n) is 8.45. The summed E-state index contributed by atoms with van der Waals surface area (Å²) in [4.78, 5) is 24.7. The predicted octanol–water partition coefficient (Wildman–Crippen LogP) is 3.63. The van der Waals surface area contributed by atoms with Crippen LogP contribution in [-0.4, -0.2) is 41.6 Å². The second-order valence-corrected chi connectivity index (χ2v) is 6.29. The Hall–Kier alpha value is -2.40. The topological polar surface area (TPSA) is 66.8 Å². The summed E-state index contributed by atoms with van der Waals surface area (Å²) in [6, 6.07) is 14.2. The van der Waals surface area contributed by atoms with Gasteiger partial charge < -0.3 is 9.84 Å². The van der Waals surface area contributed by atoms with Gasteiger partial charge in [-0.3, -0.25) is 14.5 Å². The molecule has 5 nitrogen and oxygen atoms in total. The Morgan fingerprint density at radius 3 is 2.44 bits per heavy atom. The molecule has 0 amide bonds. The summed E-state index contributed by atoms with van der Waals surface area (Å²) in [6.07, 6.45) is 0.261. The lowest BCUT2D eigenvalue weighted by molar-refractivity contribution is -0.141. The summed E-state index contributed by atoms with van der Waals surface area (Å²) in [7, 11) is 1.36. The first kappa shape index (κ1) is 18.9. The molecule has 0 aliphatic carbocycles. The van der Waals surface area contributed by atoms with E-state index in [4.69, 9.17) is 9.84 Å². The molecule has 2 aromatic rings. The Kier molecular flexibility index (Phi) is 6.53. The van der Waals surface area contributed by atoms with Crippen LogP contribution < -0.4 is 0 Å². The van der Waals surface area contributed by atoms with E-state index in [0.29, 0.717) is 6.54 Å². The quantitative estimate of drug-likeness (QED) is 0.741. The third kappa shape index (κ3) is 5.03. The van der Waals surface area contributed by atoms with Crippen molar-refractivity contribution in [3.05, 3.63) is 48.0 Å². The van der Waals surface area contributed by atoms with E-state index in [0.717, 1.165) is 16.3 Å². The maximum Gasteiger partial charge on any atom is 0.306 e. The number of carboxylic acid groups (broad SMARTS) is 1. The minimum absolute atomic E-state index is 0.0105. The largest absolute Gasteiger partial charge is 0.481 e. The fraction of sp³-hybridized carbons (Fsp3) is 0.400. The molecule has 25 heavy (non-hydrogen) atoms. The molecule has 0 heterocycles. The van der Waals surface area contributed by atoms with Crippen LogP contribution in [0.25, 0.3) is 10.8 Å². The summed E-state index contributed by atoms with van der Waals surface area (Å²) >= 11 is 0. The molecule has 2 unspecified atom stereocenters. The third-order valence-electron chi connectivity index (χ3n) is 4.59. The van der Waals surface area contributed by atoms with Gasteiger partial charge in [-0.1, -0.05) is 36.4 Å². The molecule has 134 valence electrons. The number of rotatable bonds is 8. The van der Waals surface area contributed by atoms with Crippen LogP contribution in [0.15, 0.2) is 42.5 Å². The normalized spacial score (nSPS) is 13.6. The number of carboxylic acids is 1. The number of esters is 1. The summed E-state index contributed by atoms with van der Waals surface area (Å²) in [5.41, 5.74) is 1.10. The van der Waals surface area contributed by atoms with Crippen molar-refractivity contribution >= 4 is 22.7 Å². The van der Waals surface area contributed by atoms with Crippen LogP contribution in [-0.2, 0) is 14.3 Å². The number of fused-ring (bicyclic) bond motifs is 1. The number of hydrogen-bond acceptors (Lipinski definition) is 4. The molecule has 0 aliphatic rings. The van der Waals surface area contributed by atoms with Crippen LogP contribution in [0.5, 0.6) is 0 Å². The first-order valence-corrected chi connectivity index (χ1v) is 8.45. The number of nitrogens with zero attached hydrogens (tertiary/aromatic N) is 1. The van der Waals surface area contributed by atoms with E-state index < -0.39 is 5.97 Å². The Balaban J connectivity index is 2.25. The molecule has 2 rings (SSSR count). The number of hydrogen-bond donors (Lipinski definition) is 1. The molecule has 5 heteroatoms. The summed E-state index contributed by atoms with van der Waals surface area (Å²) in [5.74, 6) is -1.14. The molecule has 2 atom stereocenters. The van der Waals surface area contributed by atoms with E-state index in [9.17, 15) is 9.59 Å². The molecule has 0 fully saturated rings. The van der Waals surface area contributed by atoms with Crippen molar-refractivity contribution in [2.45, 2.75) is 38.8 Å². The van der Waals surface area contributed by atoms with Gasteiger partial charge in [0.2, 0.25) is 0 Å². The number of aliphatic carboxylic acids is 1. The molecule has 0 aliphatic heterocycles. The zero-order valence-electron chi connectivity index (χ0n) is 14.9. The van der Waals surface area contributed by atoms with Gasteiger partial charge in [0.1, 0.15) is 0 Å². The minimum Gasteiger partial charge on any atom is -0.481 e. The van der Waals surface area contributed by atoms with Crippen molar-refractivity contribution < 1.29 is 19.4 Å². The minimum atomic E-state index is -0.846. The number of benzene rings is 2. The fourth-order valence-corrected chi connectivity index (χ4v) is 3.15. The van der Waals surface area contributed by atoms with Crippen LogP contribution in [0.2, 0.25) is 0 Å². The highest BCUT2D eigenvalue weighted by Crippen LogP contribution is 2.27. The Bertz CT molecular complexity index is 743.